The number of rotatable bonds is 4. The van der Waals surface area contributed by atoms with E-state index in [0.717, 1.165) is 24.0 Å². The molecule has 1 heterocycles. The minimum absolute atomic E-state index is 0.0153. The fourth-order valence-corrected chi connectivity index (χ4v) is 3.26. The van der Waals surface area contributed by atoms with E-state index in [9.17, 15) is 9.18 Å². The maximum Gasteiger partial charge on any atom is 0.410 e. The zero-order valence-electron chi connectivity index (χ0n) is 15.9. The monoisotopic (exact) mass is 362 g/mol. The van der Waals surface area contributed by atoms with Crippen molar-refractivity contribution in [2.45, 2.75) is 52.2 Å². The molecule has 0 saturated carbocycles. The summed E-state index contributed by atoms with van der Waals surface area (Å²) >= 11 is 0. The van der Waals surface area contributed by atoms with Crippen LogP contribution in [-0.2, 0) is 9.47 Å². The van der Waals surface area contributed by atoms with Gasteiger partial charge in [0, 0.05) is 19.0 Å². The maximum absolute atomic E-state index is 13.8. The number of likely N-dealkylation sites (tertiary alicyclic amines) is 1. The smallest absolute Gasteiger partial charge is 0.410 e. The molecule has 0 spiro atoms. The molecular formula is C20H27FN2O3. The van der Waals surface area contributed by atoms with E-state index in [1.165, 1.54) is 12.1 Å². The Kier molecular flexibility index (Phi) is 6.60. The summed E-state index contributed by atoms with van der Waals surface area (Å²) < 4.78 is 25.0. The Morgan fingerprint density at radius 2 is 2.19 bits per heavy atom. The third kappa shape index (κ3) is 5.43. The first-order chi connectivity index (χ1) is 12.2. The van der Waals surface area contributed by atoms with Crippen molar-refractivity contribution in [3.63, 3.8) is 0 Å². The molecule has 0 aliphatic carbocycles. The third-order valence-corrected chi connectivity index (χ3v) is 4.40. The highest BCUT2D eigenvalue weighted by molar-refractivity contribution is 5.68. The molecule has 2 atom stereocenters. The number of benzene rings is 1. The molecule has 1 fully saturated rings. The number of carbonyl (C=O) groups is 1. The van der Waals surface area contributed by atoms with E-state index < -0.39 is 11.7 Å². The summed E-state index contributed by atoms with van der Waals surface area (Å²) in [5, 5.41) is 0. The van der Waals surface area contributed by atoms with Gasteiger partial charge in [0.05, 0.1) is 6.10 Å². The van der Waals surface area contributed by atoms with Gasteiger partial charge in [-0.3, -0.25) is 4.85 Å². The van der Waals surface area contributed by atoms with Crippen LogP contribution < -0.4 is 0 Å². The predicted molar refractivity (Wildman–Crippen MR) is 97.0 cm³/mol. The molecule has 26 heavy (non-hydrogen) atoms. The minimum atomic E-state index is -0.552. The van der Waals surface area contributed by atoms with E-state index in [1.807, 2.05) is 27.7 Å². The molecule has 1 aromatic carbocycles. The molecule has 5 nitrogen and oxygen atoms in total. The number of ether oxygens (including phenoxy) is 2. The van der Waals surface area contributed by atoms with Gasteiger partial charge in [-0.2, -0.15) is 0 Å². The van der Waals surface area contributed by atoms with Gasteiger partial charge < -0.3 is 14.4 Å². The van der Waals surface area contributed by atoms with E-state index >= 15 is 0 Å². The van der Waals surface area contributed by atoms with Gasteiger partial charge in [0.1, 0.15) is 11.4 Å². The Bertz CT molecular complexity index is 679. The van der Waals surface area contributed by atoms with Crippen LogP contribution in [0.15, 0.2) is 18.2 Å². The van der Waals surface area contributed by atoms with Gasteiger partial charge in [-0.1, -0.05) is 6.07 Å². The number of amides is 1. The number of nitrogens with zero attached hydrogens (tertiary/aromatic N) is 2. The summed E-state index contributed by atoms with van der Waals surface area (Å²) in [4.78, 5) is 17.4. The molecule has 1 amide bonds. The van der Waals surface area contributed by atoms with Gasteiger partial charge in [0.2, 0.25) is 0 Å². The number of aryl methyl sites for hydroxylation is 1. The van der Waals surface area contributed by atoms with Gasteiger partial charge >= 0.3 is 12.8 Å². The molecule has 1 aliphatic rings. The lowest BCUT2D eigenvalue weighted by Gasteiger charge is -2.37. The summed E-state index contributed by atoms with van der Waals surface area (Å²) in [5.41, 5.74) is 1.10. The Balaban J connectivity index is 2.21. The number of carbonyl (C=O) groups excluding carboxylic acids is 1. The third-order valence-electron chi connectivity index (χ3n) is 4.40. The van der Waals surface area contributed by atoms with Crippen molar-refractivity contribution in [3.05, 3.63) is 46.6 Å². The highest BCUT2D eigenvalue weighted by atomic mass is 19.1. The van der Waals surface area contributed by atoms with Crippen molar-refractivity contribution in [1.29, 1.82) is 0 Å². The molecule has 0 unspecified atom stereocenters. The Hall–Kier alpha value is -2.13. The second-order valence-corrected chi connectivity index (χ2v) is 7.70. The molecule has 1 saturated heterocycles. The highest BCUT2D eigenvalue weighted by Crippen LogP contribution is 2.35. The lowest BCUT2D eigenvalue weighted by Crippen LogP contribution is -2.44. The number of piperidine rings is 1. The molecule has 2 rings (SSSR count). The highest BCUT2D eigenvalue weighted by Gasteiger charge is 2.34. The van der Waals surface area contributed by atoms with E-state index in [0.29, 0.717) is 13.1 Å². The van der Waals surface area contributed by atoms with Crippen LogP contribution in [-0.4, -0.2) is 36.4 Å². The van der Waals surface area contributed by atoms with Crippen LogP contribution in [0.3, 0.4) is 0 Å². The summed E-state index contributed by atoms with van der Waals surface area (Å²) in [6.45, 7) is 15.4. The van der Waals surface area contributed by atoms with Crippen LogP contribution in [0.25, 0.3) is 4.85 Å². The second kappa shape index (κ2) is 8.50. The first-order valence-electron chi connectivity index (χ1n) is 8.90. The molecule has 0 radical (unpaired) electrons. The average molecular weight is 362 g/mol. The first-order valence-corrected chi connectivity index (χ1v) is 8.90. The largest absolute Gasteiger partial charge is 0.444 e. The van der Waals surface area contributed by atoms with E-state index in [2.05, 4.69) is 4.85 Å². The van der Waals surface area contributed by atoms with Crippen LogP contribution in [0.4, 0.5) is 9.18 Å². The SMILES string of the molecule is [C-]#[N+]CO[C@@H](c1cc(F)ccc1C)[C@@H]1CCCN(C(=O)OC(C)(C)C)C1. The molecule has 142 valence electrons. The number of hydrogen-bond acceptors (Lipinski definition) is 3. The zero-order chi connectivity index (χ0) is 19.3. The molecule has 1 aliphatic heterocycles. The average Bonchev–Trinajstić information content (AvgIpc) is 2.57. The van der Waals surface area contributed by atoms with Gasteiger partial charge in [-0.05, 0) is 63.8 Å². The van der Waals surface area contributed by atoms with Crippen LogP contribution in [0.2, 0.25) is 0 Å². The van der Waals surface area contributed by atoms with Crippen molar-refractivity contribution >= 4 is 6.09 Å². The first kappa shape index (κ1) is 20.2. The molecule has 1 aromatic rings. The van der Waals surface area contributed by atoms with Crippen molar-refractivity contribution < 1.29 is 18.7 Å². The summed E-state index contributed by atoms with van der Waals surface area (Å²) in [6.07, 6.45) is 0.890. The van der Waals surface area contributed by atoms with Crippen LogP contribution in [0, 0.1) is 25.2 Å². The van der Waals surface area contributed by atoms with Gasteiger partial charge in [0.15, 0.2) is 0 Å². The van der Waals surface area contributed by atoms with Crippen molar-refractivity contribution in [2.24, 2.45) is 5.92 Å². The Morgan fingerprint density at radius 1 is 1.46 bits per heavy atom. The molecule has 0 aromatic heterocycles. The molecular weight excluding hydrogens is 335 g/mol. The summed E-state index contributed by atoms with van der Waals surface area (Å²) in [5.74, 6) is -0.347. The van der Waals surface area contributed by atoms with Crippen LogP contribution in [0.1, 0.15) is 50.8 Å². The lowest BCUT2D eigenvalue weighted by molar-refractivity contribution is -0.0182. The molecule has 0 N–H and O–H groups in total. The molecule has 0 bridgehead atoms. The standard InChI is InChI=1S/C20H27FN2O3/c1-14-8-9-16(21)11-17(14)18(25-13-22-5)15-7-6-10-23(12-15)19(24)26-20(2,3)4/h8-9,11,15,18H,6-7,10,12-13H2,1-4H3/t15-,18-/m1/s1. The topological polar surface area (TPSA) is 43.1 Å². The van der Waals surface area contributed by atoms with Crippen molar-refractivity contribution in [2.75, 3.05) is 19.8 Å². The molecule has 6 heteroatoms. The second-order valence-electron chi connectivity index (χ2n) is 7.70. The minimum Gasteiger partial charge on any atom is -0.444 e. The van der Waals surface area contributed by atoms with E-state index in [4.69, 9.17) is 16.0 Å². The predicted octanol–water partition coefficient (Wildman–Crippen LogP) is 4.72. The van der Waals surface area contributed by atoms with Crippen LogP contribution >= 0.6 is 0 Å². The normalized spacial score (nSPS) is 18.9. The van der Waals surface area contributed by atoms with E-state index in [1.54, 1.807) is 11.0 Å². The summed E-state index contributed by atoms with van der Waals surface area (Å²) in [7, 11) is 0. The van der Waals surface area contributed by atoms with Crippen LogP contribution in [0.5, 0.6) is 0 Å². The fourth-order valence-electron chi connectivity index (χ4n) is 3.26. The van der Waals surface area contributed by atoms with Crippen molar-refractivity contribution in [1.82, 2.24) is 4.90 Å². The van der Waals surface area contributed by atoms with Gasteiger partial charge in [-0.25, -0.2) is 15.8 Å². The van der Waals surface area contributed by atoms with Crippen molar-refractivity contribution in [3.8, 4) is 0 Å². The maximum atomic E-state index is 13.8. The Labute approximate surface area is 154 Å². The number of halogens is 1. The fraction of sp³-hybridized carbons (Fsp3) is 0.600. The summed E-state index contributed by atoms with van der Waals surface area (Å²) in [6, 6.07) is 4.60. The zero-order valence-corrected chi connectivity index (χ0v) is 15.9. The van der Waals surface area contributed by atoms with E-state index in [-0.39, 0.29) is 24.6 Å². The quantitative estimate of drug-likeness (QED) is 0.728. The lowest BCUT2D eigenvalue weighted by atomic mass is 9.86. The van der Waals surface area contributed by atoms with Gasteiger partial charge in [-0.15, -0.1) is 0 Å². The number of hydrogen-bond donors (Lipinski definition) is 0. The van der Waals surface area contributed by atoms with Gasteiger partial charge in [0.25, 0.3) is 0 Å². The Morgan fingerprint density at radius 3 is 2.85 bits per heavy atom.